The van der Waals surface area contributed by atoms with Crippen LogP contribution >= 0.6 is 0 Å². The van der Waals surface area contributed by atoms with Gasteiger partial charge in [-0.3, -0.25) is 4.90 Å². The van der Waals surface area contributed by atoms with E-state index in [0.29, 0.717) is 18.9 Å². The van der Waals surface area contributed by atoms with E-state index in [-0.39, 0.29) is 5.82 Å². The molecule has 6 heteroatoms. The van der Waals surface area contributed by atoms with Gasteiger partial charge in [-0.1, -0.05) is 12.1 Å². The van der Waals surface area contributed by atoms with Crippen molar-refractivity contribution in [2.24, 2.45) is 0 Å². The standard InChI is InChI=1S/C21H27FN4O/c22-19-16-18(5-6-20(19)25-12-14-27-15-13-25)17-24-8-3-9-26(11-10-24)21-4-1-2-7-23-21/h1-2,4-7,16H,3,8-15,17H2. The number of pyridine rings is 1. The molecule has 1 aromatic carbocycles. The van der Waals surface area contributed by atoms with Crippen molar-refractivity contribution in [3.05, 3.63) is 54.0 Å². The molecule has 5 nitrogen and oxygen atoms in total. The van der Waals surface area contributed by atoms with Gasteiger partial charge in [0.05, 0.1) is 18.9 Å². The minimum absolute atomic E-state index is 0.126. The van der Waals surface area contributed by atoms with Crippen LogP contribution in [0.4, 0.5) is 15.9 Å². The van der Waals surface area contributed by atoms with Crippen molar-refractivity contribution in [2.75, 3.05) is 62.3 Å². The van der Waals surface area contributed by atoms with Crippen molar-refractivity contribution in [2.45, 2.75) is 13.0 Å². The van der Waals surface area contributed by atoms with E-state index < -0.39 is 0 Å². The number of benzene rings is 1. The van der Waals surface area contributed by atoms with Gasteiger partial charge in [-0.25, -0.2) is 9.37 Å². The fourth-order valence-electron chi connectivity index (χ4n) is 3.87. The average molecular weight is 370 g/mol. The number of nitrogens with zero attached hydrogens (tertiary/aromatic N) is 4. The van der Waals surface area contributed by atoms with E-state index in [9.17, 15) is 4.39 Å². The zero-order chi connectivity index (χ0) is 18.5. The van der Waals surface area contributed by atoms with E-state index in [1.165, 1.54) is 0 Å². The number of hydrogen-bond donors (Lipinski definition) is 0. The van der Waals surface area contributed by atoms with E-state index in [1.807, 2.05) is 24.4 Å². The van der Waals surface area contributed by atoms with Gasteiger partial charge in [-0.15, -0.1) is 0 Å². The maximum absolute atomic E-state index is 14.6. The van der Waals surface area contributed by atoms with E-state index >= 15 is 0 Å². The molecule has 0 amide bonds. The third kappa shape index (κ3) is 4.57. The Morgan fingerprint density at radius 1 is 0.926 bits per heavy atom. The number of ether oxygens (including phenoxy) is 1. The first-order chi connectivity index (χ1) is 13.3. The molecule has 0 atom stereocenters. The van der Waals surface area contributed by atoms with Crippen molar-refractivity contribution in [3.8, 4) is 0 Å². The van der Waals surface area contributed by atoms with Gasteiger partial charge < -0.3 is 14.5 Å². The molecule has 0 unspecified atom stereocenters. The minimum Gasteiger partial charge on any atom is -0.378 e. The summed E-state index contributed by atoms with van der Waals surface area (Å²) in [7, 11) is 0. The predicted molar refractivity (Wildman–Crippen MR) is 106 cm³/mol. The van der Waals surface area contributed by atoms with Gasteiger partial charge in [0.15, 0.2) is 0 Å². The molecule has 2 fully saturated rings. The molecular formula is C21H27FN4O. The van der Waals surface area contributed by atoms with Crippen molar-refractivity contribution in [3.63, 3.8) is 0 Å². The number of morpholine rings is 1. The smallest absolute Gasteiger partial charge is 0.146 e. The lowest BCUT2D eigenvalue weighted by Crippen LogP contribution is -2.36. The number of anilines is 2. The highest BCUT2D eigenvalue weighted by atomic mass is 19.1. The topological polar surface area (TPSA) is 31.8 Å². The van der Waals surface area contributed by atoms with Crippen LogP contribution in [0.3, 0.4) is 0 Å². The van der Waals surface area contributed by atoms with Crippen LogP contribution in [0.1, 0.15) is 12.0 Å². The second kappa shape index (κ2) is 8.67. The molecule has 27 heavy (non-hydrogen) atoms. The van der Waals surface area contributed by atoms with Gasteiger partial charge in [-0.05, 0) is 36.2 Å². The molecule has 2 aromatic rings. The third-order valence-corrected chi connectivity index (χ3v) is 5.33. The molecule has 1 aromatic heterocycles. The van der Waals surface area contributed by atoms with Gasteiger partial charge in [-0.2, -0.15) is 0 Å². The zero-order valence-electron chi connectivity index (χ0n) is 15.7. The second-order valence-electron chi connectivity index (χ2n) is 7.19. The molecule has 0 N–H and O–H groups in total. The Morgan fingerprint density at radius 3 is 2.59 bits per heavy atom. The Kier molecular flexibility index (Phi) is 5.84. The molecule has 144 valence electrons. The number of halogens is 1. The fourth-order valence-corrected chi connectivity index (χ4v) is 3.87. The average Bonchev–Trinajstić information content (AvgIpc) is 2.95. The normalized spacial score (nSPS) is 19.1. The first-order valence-electron chi connectivity index (χ1n) is 9.79. The highest BCUT2D eigenvalue weighted by Gasteiger charge is 2.18. The maximum Gasteiger partial charge on any atom is 0.146 e. The summed E-state index contributed by atoms with van der Waals surface area (Å²) in [6.45, 7) is 7.58. The quantitative estimate of drug-likeness (QED) is 0.826. The Hall–Kier alpha value is -2.18. The maximum atomic E-state index is 14.6. The Balaban J connectivity index is 1.37. The second-order valence-corrected chi connectivity index (χ2v) is 7.19. The van der Waals surface area contributed by atoms with Crippen LogP contribution in [0.15, 0.2) is 42.6 Å². The molecule has 3 heterocycles. The molecular weight excluding hydrogens is 343 g/mol. The fraction of sp³-hybridized carbons (Fsp3) is 0.476. The molecule has 2 saturated heterocycles. The van der Waals surface area contributed by atoms with Crippen LogP contribution in [0.2, 0.25) is 0 Å². The molecule has 0 radical (unpaired) electrons. The molecule has 0 saturated carbocycles. The summed E-state index contributed by atoms with van der Waals surface area (Å²) in [5.41, 5.74) is 1.73. The summed E-state index contributed by atoms with van der Waals surface area (Å²) in [5.74, 6) is 0.916. The number of aromatic nitrogens is 1. The molecule has 0 bridgehead atoms. The Labute approximate surface area is 160 Å². The predicted octanol–water partition coefficient (Wildman–Crippen LogP) is 2.77. The minimum atomic E-state index is -0.126. The van der Waals surface area contributed by atoms with Gasteiger partial charge in [0.2, 0.25) is 0 Å². The van der Waals surface area contributed by atoms with E-state index in [4.69, 9.17) is 4.74 Å². The van der Waals surface area contributed by atoms with Crippen molar-refractivity contribution >= 4 is 11.5 Å². The lowest BCUT2D eigenvalue weighted by Gasteiger charge is -2.29. The SMILES string of the molecule is Fc1cc(CN2CCCN(c3ccccn3)CC2)ccc1N1CCOCC1. The summed E-state index contributed by atoms with van der Waals surface area (Å²) >= 11 is 0. The van der Waals surface area contributed by atoms with E-state index in [2.05, 4.69) is 31.8 Å². The van der Waals surface area contributed by atoms with Crippen molar-refractivity contribution < 1.29 is 9.13 Å². The summed E-state index contributed by atoms with van der Waals surface area (Å²) in [5, 5.41) is 0. The summed E-state index contributed by atoms with van der Waals surface area (Å²) in [6, 6.07) is 11.7. The Morgan fingerprint density at radius 2 is 1.81 bits per heavy atom. The monoisotopic (exact) mass is 370 g/mol. The number of rotatable bonds is 4. The van der Waals surface area contributed by atoms with Crippen LogP contribution in [-0.4, -0.2) is 62.4 Å². The van der Waals surface area contributed by atoms with Gasteiger partial charge in [0.25, 0.3) is 0 Å². The van der Waals surface area contributed by atoms with Crippen LogP contribution in [0.5, 0.6) is 0 Å². The van der Waals surface area contributed by atoms with E-state index in [1.54, 1.807) is 6.07 Å². The highest BCUT2D eigenvalue weighted by molar-refractivity contribution is 5.49. The molecule has 0 aliphatic carbocycles. The summed E-state index contributed by atoms with van der Waals surface area (Å²) < 4.78 is 20.0. The van der Waals surface area contributed by atoms with Crippen LogP contribution in [-0.2, 0) is 11.3 Å². The molecule has 2 aliphatic rings. The number of hydrogen-bond acceptors (Lipinski definition) is 5. The molecule has 0 spiro atoms. The molecule has 4 rings (SSSR count). The van der Waals surface area contributed by atoms with Crippen molar-refractivity contribution in [1.29, 1.82) is 0 Å². The first kappa shape index (κ1) is 18.2. The van der Waals surface area contributed by atoms with E-state index in [0.717, 1.165) is 63.6 Å². The third-order valence-electron chi connectivity index (χ3n) is 5.33. The van der Waals surface area contributed by atoms with Crippen LogP contribution in [0, 0.1) is 5.82 Å². The van der Waals surface area contributed by atoms with Gasteiger partial charge >= 0.3 is 0 Å². The van der Waals surface area contributed by atoms with Crippen molar-refractivity contribution in [1.82, 2.24) is 9.88 Å². The van der Waals surface area contributed by atoms with Gasteiger partial charge in [0.1, 0.15) is 11.6 Å². The Bertz CT molecular complexity index is 736. The van der Waals surface area contributed by atoms with Crippen LogP contribution in [0.25, 0.3) is 0 Å². The largest absolute Gasteiger partial charge is 0.378 e. The van der Waals surface area contributed by atoms with Gasteiger partial charge in [0, 0.05) is 52.0 Å². The first-order valence-corrected chi connectivity index (χ1v) is 9.79. The lowest BCUT2D eigenvalue weighted by atomic mass is 10.1. The summed E-state index contributed by atoms with van der Waals surface area (Å²) in [6.07, 6.45) is 2.93. The highest BCUT2D eigenvalue weighted by Crippen LogP contribution is 2.23. The summed E-state index contributed by atoms with van der Waals surface area (Å²) in [4.78, 5) is 11.3. The van der Waals surface area contributed by atoms with Crippen LogP contribution < -0.4 is 9.80 Å². The molecule has 2 aliphatic heterocycles. The lowest BCUT2D eigenvalue weighted by molar-refractivity contribution is 0.122. The zero-order valence-corrected chi connectivity index (χ0v) is 15.7.